The number of nitrogens with zero attached hydrogens (tertiary/aromatic N) is 2. The number of hydrogen-bond donors (Lipinski definition) is 2. The molecule has 0 aliphatic rings. The maximum atomic E-state index is 10.8. The number of hydrogen-bond acceptors (Lipinski definition) is 5. The summed E-state index contributed by atoms with van der Waals surface area (Å²) in [5.41, 5.74) is 0.525. The van der Waals surface area contributed by atoms with Gasteiger partial charge in [0.25, 0.3) is 0 Å². The Balaban J connectivity index is 2.53. The van der Waals surface area contributed by atoms with E-state index in [1.54, 1.807) is 6.26 Å². The molecule has 0 aromatic carbocycles. The highest BCUT2D eigenvalue weighted by molar-refractivity contribution is 7.84. The van der Waals surface area contributed by atoms with Crippen molar-refractivity contribution in [2.24, 2.45) is 0 Å². The summed E-state index contributed by atoms with van der Waals surface area (Å²) in [6.07, 6.45) is 4.20. The topological polar surface area (TPSA) is 92.2 Å². The van der Waals surface area contributed by atoms with E-state index in [2.05, 4.69) is 15.3 Å². The predicted octanol–water partition coefficient (Wildman–Crippen LogP) is -0.357. The molecule has 0 saturated carbocycles. The largest absolute Gasteiger partial charge is 0.478 e. The van der Waals surface area contributed by atoms with Crippen molar-refractivity contribution in [1.82, 2.24) is 15.3 Å². The van der Waals surface area contributed by atoms with Crippen LogP contribution in [0.1, 0.15) is 16.1 Å². The number of aromatic nitrogens is 2. The van der Waals surface area contributed by atoms with Gasteiger partial charge in [0.2, 0.25) is 0 Å². The van der Waals surface area contributed by atoms with Crippen LogP contribution >= 0.6 is 0 Å². The Labute approximate surface area is 95.6 Å². The molecule has 0 saturated heterocycles. The molecule has 1 heterocycles. The SMILES string of the molecule is CS(=O)CCNCc1ncncc1C(=O)O. The van der Waals surface area contributed by atoms with Gasteiger partial charge in [-0.15, -0.1) is 0 Å². The standard InChI is InChI=1S/C9H13N3O3S/c1-16(15)3-2-10-5-8-7(9(13)14)4-11-6-12-8/h4,6,10H,2-3,5H2,1H3,(H,13,14). The Morgan fingerprint density at radius 2 is 2.38 bits per heavy atom. The Morgan fingerprint density at radius 3 is 3.00 bits per heavy atom. The number of nitrogens with one attached hydrogen (secondary N) is 1. The van der Waals surface area contributed by atoms with E-state index >= 15 is 0 Å². The first-order chi connectivity index (χ1) is 7.61. The number of carboxylic acid groups (broad SMARTS) is 1. The molecule has 1 aromatic heterocycles. The summed E-state index contributed by atoms with van der Waals surface area (Å²) in [4.78, 5) is 18.3. The van der Waals surface area contributed by atoms with Gasteiger partial charge in [-0.3, -0.25) is 4.21 Å². The Kier molecular flexibility index (Phi) is 5.00. The van der Waals surface area contributed by atoms with Gasteiger partial charge >= 0.3 is 5.97 Å². The highest BCUT2D eigenvalue weighted by atomic mass is 32.2. The summed E-state index contributed by atoms with van der Waals surface area (Å²) in [5.74, 6) is -0.510. The maximum absolute atomic E-state index is 10.8. The van der Waals surface area contributed by atoms with Crippen molar-refractivity contribution in [2.75, 3.05) is 18.6 Å². The third kappa shape index (κ3) is 4.03. The lowest BCUT2D eigenvalue weighted by atomic mass is 10.2. The maximum Gasteiger partial charge on any atom is 0.339 e. The van der Waals surface area contributed by atoms with Gasteiger partial charge in [-0.05, 0) is 0 Å². The van der Waals surface area contributed by atoms with Gasteiger partial charge in [0, 0.05) is 42.1 Å². The summed E-state index contributed by atoms with van der Waals surface area (Å²) in [7, 11) is -0.849. The predicted molar refractivity (Wildman–Crippen MR) is 59.6 cm³/mol. The van der Waals surface area contributed by atoms with E-state index in [9.17, 15) is 9.00 Å². The Hall–Kier alpha value is -1.34. The molecule has 1 rings (SSSR count). The Morgan fingerprint density at radius 1 is 1.62 bits per heavy atom. The van der Waals surface area contributed by atoms with Crippen LogP contribution in [0.4, 0.5) is 0 Å². The molecule has 0 amide bonds. The van der Waals surface area contributed by atoms with Gasteiger partial charge in [0.15, 0.2) is 0 Å². The van der Waals surface area contributed by atoms with Crippen LogP contribution in [-0.4, -0.2) is 43.8 Å². The minimum atomic E-state index is -1.04. The van der Waals surface area contributed by atoms with Gasteiger partial charge in [-0.2, -0.15) is 0 Å². The number of carbonyl (C=O) groups is 1. The van der Waals surface area contributed by atoms with Crippen LogP contribution in [-0.2, 0) is 17.3 Å². The average molecular weight is 243 g/mol. The molecule has 88 valence electrons. The second-order valence-corrected chi connectivity index (χ2v) is 4.70. The zero-order valence-corrected chi connectivity index (χ0v) is 9.66. The number of carboxylic acids is 1. The Bertz CT molecular complexity index is 397. The van der Waals surface area contributed by atoms with Crippen molar-refractivity contribution >= 4 is 16.8 Å². The summed E-state index contributed by atoms with van der Waals surface area (Å²) in [5, 5.41) is 11.8. The summed E-state index contributed by atoms with van der Waals surface area (Å²) < 4.78 is 10.8. The summed E-state index contributed by atoms with van der Waals surface area (Å²) >= 11 is 0. The molecule has 1 unspecified atom stereocenters. The third-order valence-electron chi connectivity index (χ3n) is 1.88. The highest BCUT2D eigenvalue weighted by Gasteiger charge is 2.10. The van der Waals surface area contributed by atoms with Crippen LogP contribution in [0.5, 0.6) is 0 Å². The lowest BCUT2D eigenvalue weighted by Crippen LogP contribution is -2.22. The molecule has 0 spiro atoms. The number of rotatable bonds is 6. The molecule has 2 N–H and O–H groups in total. The van der Waals surface area contributed by atoms with Crippen LogP contribution < -0.4 is 5.32 Å². The quantitative estimate of drug-likeness (QED) is 0.663. The molecular formula is C9H13N3O3S. The van der Waals surface area contributed by atoms with Gasteiger partial charge in [-0.25, -0.2) is 14.8 Å². The zero-order chi connectivity index (χ0) is 12.0. The molecule has 0 fully saturated rings. The average Bonchev–Trinajstić information content (AvgIpc) is 2.24. The molecule has 7 heteroatoms. The van der Waals surface area contributed by atoms with Crippen molar-refractivity contribution in [2.45, 2.75) is 6.54 Å². The van der Waals surface area contributed by atoms with Crippen molar-refractivity contribution < 1.29 is 14.1 Å². The summed E-state index contributed by atoms with van der Waals surface area (Å²) in [6, 6.07) is 0. The molecule has 0 aliphatic carbocycles. The molecule has 0 radical (unpaired) electrons. The smallest absolute Gasteiger partial charge is 0.339 e. The molecule has 1 aromatic rings. The van der Waals surface area contributed by atoms with Crippen LogP contribution in [0.3, 0.4) is 0 Å². The third-order valence-corrected chi connectivity index (χ3v) is 2.66. The van der Waals surface area contributed by atoms with E-state index in [0.29, 0.717) is 24.5 Å². The van der Waals surface area contributed by atoms with Crippen LogP contribution in [0.15, 0.2) is 12.5 Å². The van der Waals surface area contributed by atoms with Crippen molar-refractivity contribution in [3.63, 3.8) is 0 Å². The van der Waals surface area contributed by atoms with E-state index in [1.807, 2.05) is 0 Å². The minimum Gasteiger partial charge on any atom is -0.478 e. The van der Waals surface area contributed by atoms with Crippen molar-refractivity contribution in [3.8, 4) is 0 Å². The normalized spacial score (nSPS) is 12.3. The molecule has 16 heavy (non-hydrogen) atoms. The first-order valence-corrected chi connectivity index (χ1v) is 6.37. The van der Waals surface area contributed by atoms with E-state index in [-0.39, 0.29) is 5.56 Å². The summed E-state index contributed by atoms with van der Waals surface area (Å²) in [6.45, 7) is 0.896. The van der Waals surface area contributed by atoms with Gasteiger partial charge in [0.05, 0.1) is 5.69 Å². The molecule has 6 nitrogen and oxygen atoms in total. The fourth-order valence-corrected chi connectivity index (χ4v) is 1.53. The molecular weight excluding hydrogens is 230 g/mol. The van der Waals surface area contributed by atoms with Crippen molar-refractivity contribution in [1.29, 1.82) is 0 Å². The minimum absolute atomic E-state index is 0.0904. The van der Waals surface area contributed by atoms with E-state index in [1.165, 1.54) is 12.5 Å². The lowest BCUT2D eigenvalue weighted by Gasteiger charge is -2.05. The monoisotopic (exact) mass is 243 g/mol. The zero-order valence-electron chi connectivity index (χ0n) is 8.84. The van der Waals surface area contributed by atoms with Gasteiger partial charge < -0.3 is 10.4 Å². The van der Waals surface area contributed by atoms with E-state index in [4.69, 9.17) is 5.11 Å². The van der Waals surface area contributed by atoms with Crippen LogP contribution in [0.2, 0.25) is 0 Å². The second kappa shape index (κ2) is 6.29. The fourth-order valence-electron chi connectivity index (χ4n) is 1.10. The fraction of sp³-hybridized carbons (Fsp3) is 0.444. The number of aromatic carboxylic acids is 1. The molecule has 0 aliphatic heterocycles. The second-order valence-electron chi connectivity index (χ2n) is 3.14. The van der Waals surface area contributed by atoms with Crippen molar-refractivity contribution in [3.05, 3.63) is 23.8 Å². The van der Waals surface area contributed by atoms with E-state index < -0.39 is 16.8 Å². The lowest BCUT2D eigenvalue weighted by molar-refractivity contribution is 0.0694. The van der Waals surface area contributed by atoms with Crippen LogP contribution in [0.25, 0.3) is 0 Å². The molecule has 0 bridgehead atoms. The van der Waals surface area contributed by atoms with Crippen LogP contribution in [0, 0.1) is 0 Å². The highest BCUT2D eigenvalue weighted by Crippen LogP contribution is 2.02. The first-order valence-electron chi connectivity index (χ1n) is 4.64. The van der Waals surface area contributed by atoms with Gasteiger partial charge in [0.1, 0.15) is 11.9 Å². The van der Waals surface area contributed by atoms with E-state index in [0.717, 1.165) is 0 Å². The molecule has 1 atom stereocenters. The first kappa shape index (κ1) is 12.7. The van der Waals surface area contributed by atoms with Gasteiger partial charge in [-0.1, -0.05) is 0 Å².